The maximum Gasteiger partial charge on any atom is 0.265 e. The number of amides is 2. The molecule has 0 radical (unpaired) electrons. The third-order valence-electron chi connectivity index (χ3n) is 8.04. The molecule has 1 aliphatic carbocycles. The highest BCUT2D eigenvalue weighted by molar-refractivity contribution is 7.93. The van der Waals surface area contributed by atoms with Crippen LogP contribution in [-0.2, 0) is 26.2 Å². The minimum atomic E-state index is -3.69. The van der Waals surface area contributed by atoms with E-state index in [9.17, 15) is 18.0 Å². The second-order valence-corrected chi connectivity index (χ2v) is 13.0. The summed E-state index contributed by atoms with van der Waals surface area (Å²) in [5.74, 6) is -0.297. The minimum Gasteiger partial charge on any atom is -0.352 e. The van der Waals surface area contributed by atoms with Crippen molar-refractivity contribution in [1.82, 2.24) is 10.2 Å². The van der Waals surface area contributed by atoms with Crippen LogP contribution < -0.4 is 9.62 Å². The number of nitrogens with zero attached hydrogens (tertiary/aromatic N) is 2. The molecule has 2 aliphatic rings. The number of rotatable bonds is 10. The van der Waals surface area contributed by atoms with Crippen LogP contribution in [0.1, 0.15) is 63.9 Å². The summed E-state index contributed by atoms with van der Waals surface area (Å²) in [7, 11) is -3.69. The number of nitrogens with one attached hydrogen (secondary N) is 1. The number of halogens is 1. The van der Waals surface area contributed by atoms with Crippen molar-refractivity contribution < 1.29 is 18.0 Å². The summed E-state index contributed by atoms with van der Waals surface area (Å²) in [5.41, 5.74) is 1.53. The van der Waals surface area contributed by atoms with Crippen molar-refractivity contribution in [2.24, 2.45) is 0 Å². The Morgan fingerprint density at radius 3 is 2.42 bits per heavy atom. The fourth-order valence-electron chi connectivity index (χ4n) is 5.97. The number of hydrogen-bond donors (Lipinski definition) is 1. The van der Waals surface area contributed by atoms with E-state index in [1.54, 1.807) is 29.2 Å². The van der Waals surface area contributed by atoms with Crippen LogP contribution in [0.25, 0.3) is 10.8 Å². The second kappa shape index (κ2) is 12.2. The highest BCUT2D eigenvalue weighted by atomic mass is 35.5. The molecule has 7 nitrogen and oxygen atoms in total. The zero-order valence-corrected chi connectivity index (χ0v) is 24.4. The van der Waals surface area contributed by atoms with Gasteiger partial charge in [-0.1, -0.05) is 74.2 Å². The molecule has 1 heterocycles. The summed E-state index contributed by atoms with van der Waals surface area (Å²) in [6, 6.07) is 17.7. The third-order valence-corrected chi connectivity index (χ3v) is 10.1. The molecule has 1 N–H and O–H groups in total. The number of carbonyl (C=O) groups is 2. The molecule has 1 fully saturated rings. The Bertz CT molecular complexity index is 1480. The van der Waals surface area contributed by atoms with Crippen molar-refractivity contribution in [2.75, 3.05) is 10.8 Å². The fourth-order valence-corrected chi connectivity index (χ4v) is 7.84. The van der Waals surface area contributed by atoms with Gasteiger partial charge in [-0.05, 0) is 60.9 Å². The first-order valence-electron chi connectivity index (χ1n) is 14.2. The molecule has 0 unspecified atom stereocenters. The van der Waals surface area contributed by atoms with Gasteiger partial charge in [0.05, 0.1) is 10.6 Å². The monoisotopic (exact) mass is 581 g/mol. The molecule has 1 saturated carbocycles. The molecule has 5 rings (SSSR count). The van der Waals surface area contributed by atoms with Gasteiger partial charge in [-0.15, -0.1) is 0 Å². The van der Waals surface area contributed by atoms with Gasteiger partial charge >= 0.3 is 0 Å². The lowest BCUT2D eigenvalue weighted by Gasteiger charge is -2.33. The Hall–Kier alpha value is -3.10. The molecule has 0 aromatic heterocycles. The number of anilines is 1. The predicted molar refractivity (Wildman–Crippen MR) is 159 cm³/mol. The highest BCUT2D eigenvalue weighted by Crippen LogP contribution is 2.42. The summed E-state index contributed by atoms with van der Waals surface area (Å²) in [5, 5.41) is 5.40. The molecule has 0 spiro atoms. The Morgan fingerprint density at radius 2 is 1.73 bits per heavy atom. The molecule has 9 heteroatoms. The largest absolute Gasteiger partial charge is 0.352 e. The second-order valence-electron chi connectivity index (χ2n) is 10.7. The Kier molecular flexibility index (Phi) is 8.66. The van der Waals surface area contributed by atoms with Crippen molar-refractivity contribution in [2.45, 2.75) is 81.8 Å². The van der Waals surface area contributed by atoms with Crippen LogP contribution >= 0.6 is 11.6 Å². The van der Waals surface area contributed by atoms with Crippen LogP contribution in [0.5, 0.6) is 0 Å². The molecule has 3 aromatic carbocycles. The maximum atomic E-state index is 13.7. The topological polar surface area (TPSA) is 86.8 Å². The normalized spacial score (nSPS) is 17.1. The van der Waals surface area contributed by atoms with E-state index in [2.05, 4.69) is 5.32 Å². The van der Waals surface area contributed by atoms with E-state index in [4.69, 9.17) is 11.6 Å². The standard InChI is InChI=1S/C31H36ClN3O4S/c1-2-26(31(37)33-25-11-4-3-5-12-25)34(21-22-16-18-24(32)19-17-22)29(36)15-8-20-35-27-13-6-9-23-10-7-14-28(30(23)27)40(35,38)39/h6-7,9-10,13-14,16-19,25-26H,2-5,8,11-12,15,20-21H2,1H3,(H,33,37)/t26-/m1/s1. The van der Waals surface area contributed by atoms with E-state index in [0.717, 1.165) is 42.0 Å². The summed E-state index contributed by atoms with van der Waals surface area (Å²) < 4.78 is 28.1. The number of carbonyl (C=O) groups excluding carboxylic acids is 2. The maximum absolute atomic E-state index is 13.7. The lowest BCUT2D eigenvalue weighted by atomic mass is 9.95. The Balaban J connectivity index is 1.31. The van der Waals surface area contributed by atoms with E-state index in [0.29, 0.717) is 28.4 Å². The van der Waals surface area contributed by atoms with Gasteiger partial charge in [-0.3, -0.25) is 13.9 Å². The van der Waals surface area contributed by atoms with Crippen molar-refractivity contribution >= 4 is 49.9 Å². The van der Waals surface area contributed by atoms with Gasteiger partial charge in [0.25, 0.3) is 10.0 Å². The predicted octanol–water partition coefficient (Wildman–Crippen LogP) is 6.04. The smallest absolute Gasteiger partial charge is 0.265 e. The zero-order valence-electron chi connectivity index (χ0n) is 22.8. The zero-order chi connectivity index (χ0) is 28.3. The first kappa shape index (κ1) is 28.4. The molecule has 1 atom stereocenters. The van der Waals surface area contributed by atoms with Gasteiger partial charge in [0.15, 0.2) is 0 Å². The SMILES string of the molecule is CC[C@H](C(=O)NC1CCCCC1)N(Cc1ccc(Cl)cc1)C(=O)CCCN1c2cccc3cccc(c23)S1(=O)=O. The van der Waals surface area contributed by atoms with Gasteiger partial charge in [0.1, 0.15) is 6.04 Å². The summed E-state index contributed by atoms with van der Waals surface area (Å²) in [6.07, 6.45) is 6.27. The molecule has 0 saturated heterocycles. The van der Waals surface area contributed by atoms with E-state index < -0.39 is 16.1 Å². The van der Waals surface area contributed by atoms with Gasteiger partial charge in [0.2, 0.25) is 11.8 Å². The van der Waals surface area contributed by atoms with Crippen molar-refractivity contribution in [3.05, 3.63) is 71.2 Å². The van der Waals surface area contributed by atoms with Crippen molar-refractivity contribution in [3.63, 3.8) is 0 Å². The van der Waals surface area contributed by atoms with Crippen LogP contribution in [0.2, 0.25) is 5.02 Å². The molecule has 2 amide bonds. The molecule has 3 aromatic rings. The lowest BCUT2D eigenvalue weighted by molar-refractivity contribution is -0.141. The number of sulfonamides is 1. The molecule has 40 heavy (non-hydrogen) atoms. The van der Waals surface area contributed by atoms with Crippen molar-refractivity contribution in [1.29, 1.82) is 0 Å². The van der Waals surface area contributed by atoms with E-state index in [1.165, 1.54) is 10.7 Å². The quantitative estimate of drug-likeness (QED) is 0.316. The first-order valence-corrected chi connectivity index (χ1v) is 16.0. The van der Waals surface area contributed by atoms with E-state index in [-0.39, 0.29) is 37.4 Å². The molecule has 1 aliphatic heterocycles. The highest BCUT2D eigenvalue weighted by Gasteiger charge is 2.36. The average molecular weight is 582 g/mol. The van der Waals surface area contributed by atoms with Gasteiger partial charge in [-0.2, -0.15) is 0 Å². The summed E-state index contributed by atoms with van der Waals surface area (Å²) in [6.45, 7) is 2.38. The average Bonchev–Trinajstić information content (AvgIpc) is 3.17. The molecule has 212 valence electrons. The van der Waals surface area contributed by atoms with Crippen LogP contribution in [-0.4, -0.2) is 43.8 Å². The molecular formula is C31H36ClN3O4S. The molecular weight excluding hydrogens is 546 g/mol. The number of hydrogen-bond acceptors (Lipinski definition) is 4. The van der Waals surface area contributed by atoms with Gasteiger partial charge in [0, 0.05) is 36.0 Å². The van der Waals surface area contributed by atoms with Crippen LogP contribution in [0.3, 0.4) is 0 Å². The van der Waals surface area contributed by atoms with Gasteiger partial charge in [-0.25, -0.2) is 8.42 Å². The minimum absolute atomic E-state index is 0.124. The number of benzene rings is 3. The summed E-state index contributed by atoms with van der Waals surface area (Å²) >= 11 is 6.08. The van der Waals surface area contributed by atoms with Crippen LogP contribution in [0.4, 0.5) is 5.69 Å². The van der Waals surface area contributed by atoms with Crippen molar-refractivity contribution in [3.8, 4) is 0 Å². The molecule has 0 bridgehead atoms. The summed E-state index contributed by atoms with van der Waals surface area (Å²) in [4.78, 5) is 29.1. The van der Waals surface area contributed by atoms with Gasteiger partial charge < -0.3 is 10.2 Å². The Labute approximate surface area is 241 Å². The first-order chi connectivity index (χ1) is 19.3. The third kappa shape index (κ3) is 5.84. The fraction of sp³-hybridized carbons (Fsp3) is 0.419. The lowest BCUT2D eigenvalue weighted by Crippen LogP contribution is -2.51. The van der Waals surface area contributed by atoms with E-state index in [1.807, 2.05) is 43.3 Å². The van der Waals surface area contributed by atoms with E-state index >= 15 is 0 Å². The Morgan fingerprint density at radius 1 is 1.02 bits per heavy atom. The van der Waals surface area contributed by atoms with Crippen LogP contribution in [0.15, 0.2) is 65.6 Å². The van der Waals surface area contributed by atoms with Crippen LogP contribution in [0, 0.1) is 0 Å².